The van der Waals surface area contributed by atoms with Crippen LogP contribution in [0.1, 0.15) is 389 Å². The van der Waals surface area contributed by atoms with Gasteiger partial charge in [-0.2, -0.15) is 0 Å². The highest BCUT2D eigenvalue weighted by atomic mass is 31.2. The van der Waals surface area contributed by atoms with Gasteiger partial charge in [0.2, 0.25) is 0 Å². The predicted molar refractivity (Wildman–Crippen MR) is 391 cm³/mol. The van der Waals surface area contributed by atoms with Crippen molar-refractivity contribution >= 4 is 39.5 Å². The lowest BCUT2D eigenvalue weighted by atomic mass is 10.0. The van der Waals surface area contributed by atoms with Crippen LogP contribution in [0.5, 0.6) is 0 Å². The molecule has 0 aliphatic heterocycles. The summed E-state index contributed by atoms with van der Waals surface area (Å²) in [5.41, 5.74) is 0. The van der Waals surface area contributed by atoms with E-state index in [-0.39, 0.29) is 25.7 Å². The molecular weight excluding hydrogens is 1260 g/mol. The molecule has 0 rings (SSSR count). The van der Waals surface area contributed by atoms with Crippen molar-refractivity contribution in [2.75, 3.05) is 39.6 Å². The van der Waals surface area contributed by atoms with Gasteiger partial charge in [0.05, 0.1) is 26.4 Å². The second-order valence-corrected chi connectivity index (χ2v) is 32.6. The van der Waals surface area contributed by atoms with Crippen molar-refractivity contribution in [3.05, 3.63) is 0 Å². The van der Waals surface area contributed by atoms with Crippen molar-refractivity contribution in [3.63, 3.8) is 0 Å². The molecule has 19 heteroatoms. The molecule has 0 spiro atoms. The average molecular weight is 1410 g/mol. The molecule has 0 aromatic heterocycles. The number of carbonyl (C=O) groups excluding carboxylic acids is 4. The second kappa shape index (κ2) is 66.3. The predicted octanol–water partition coefficient (Wildman–Crippen LogP) is 22.4. The van der Waals surface area contributed by atoms with Gasteiger partial charge < -0.3 is 33.8 Å². The molecule has 0 radical (unpaired) electrons. The van der Waals surface area contributed by atoms with E-state index < -0.39 is 97.5 Å². The normalized spacial score (nSPS) is 14.1. The molecule has 570 valence electrons. The highest BCUT2D eigenvalue weighted by molar-refractivity contribution is 7.47. The third-order valence-electron chi connectivity index (χ3n) is 17.8. The molecule has 0 fully saturated rings. The van der Waals surface area contributed by atoms with Gasteiger partial charge in [0.1, 0.15) is 19.3 Å². The number of phosphoric acid groups is 2. The Morgan fingerprint density at radius 2 is 0.438 bits per heavy atom. The average Bonchev–Trinajstić information content (AvgIpc) is 1.24. The molecule has 0 bridgehead atoms. The Morgan fingerprint density at radius 1 is 0.260 bits per heavy atom. The number of aliphatic hydroxyl groups excluding tert-OH is 1. The molecule has 0 aliphatic carbocycles. The summed E-state index contributed by atoms with van der Waals surface area (Å²) in [6.07, 6.45) is 51.4. The van der Waals surface area contributed by atoms with Gasteiger partial charge in [0.15, 0.2) is 12.2 Å². The molecule has 17 nitrogen and oxygen atoms in total. The van der Waals surface area contributed by atoms with Gasteiger partial charge in [-0.3, -0.25) is 37.3 Å². The van der Waals surface area contributed by atoms with Crippen LogP contribution in [-0.2, 0) is 65.4 Å². The van der Waals surface area contributed by atoms with E-state index in [4.69, 9.17) is 37.0 Å². The van der Waals surface area contributed by atoms with Crippen LogP contribution >= 0.6 is 15.6 Å². The number of rotatable bonds is 74. The van der Waals surface area contributed by atoms with E-state index in [0.29, 0.717) is 31.6 Å². The van der Waals surface area contributed by atoms with Crippen molar-refractivity contribution in [2.45, 2.75) is 408 Å². The topological polar surface area (TPSA) is 237 Å². The first-order valence-corrected chi connectivity index (χ1v) is 42.7. The highest BCUT2D eigenvalue weighted by Gasteiger charge is 2.30. The van der Waals surface area contributed by atoms with Crippen molar-refractivity contribution in [1.82, 2.24) is 0 Å². The number of unbranched alkanes of at least 4 members (excludes halogenated alkanes) is 40. The molecule has 0 aromatic carbocycles. The fourth-order valence-corrected chi connectivity index (χ4v) is 13.3. The minimum absolute atomic E-state index is 0.105. The standard InChI is InChI=1S/C77H150O17P2/c1-67(2)53-45-37-29-22-16-13-11-9-10-12-14-18-25-33-41-49-57-74(79)87-63-72(93-77(82)60-52-44-35-27-21-20-24-31-39-47-55-69(5)6)65-91-95(83,84)89-61-71(78)62-90-96(85,86)92-66-73(64-88-75(80)58-50-42-36-28-32-40-48-56-70(7)8)94-76(81)59-51-43-34-26-19-15-17-23-30-38-46-54-68(3)4/h67-73,78H,9-66H2,1-8H3,(H,83,84)(H,85,86)/t71?,72-,73-/m1/s1. The number of aliphatic hydroxyl groups is 1. The maximum Gasteiger partial charge on any atom is 0.472 e. The Hall–Kier alpha value is -1.94. The summed E-state index contributed by atoms with van der Waals surface area (Å²) in [5.74, 6) is 0.914. The van der Waals surface area contributed by atoms with Gasteiger partial charge in [-0.15, -0.1) is 0 Å². The Kier molecular flexibility index (Phi) is 65.0. The van der Waals surface area contributed by atoms with Crippen LogP contribution in [-0.4, -0.2) is 96.7 Å². The Morgan fingerprint density at radius 3 is 0.646 bits per heavy atom. The van der Waals surface area contributed by atoms with Crippen LogP contribution in [0.15, 0.2) is 0 Å². The second-order valence-electron chi connectivity index (χ2n) is 29.7. The quantitative estimate of drug-likeness (QED) is 0.0222. The van der Waals surface area contributed by atoms with Crippen LogP contribution in [0.2, 0.25) is 0 Å². The van der Waals surface area contributed by atoms with Crippen LogP contribution in [0.25, 0.3) is 0 Å². The molecule has 3 unspecified atom stereocenters. The van der Waals surface area contributed by atoms with Gasteiger partial charge in [0.25, 0.3) is 0 Å². The molecule has 0 aliphatic rings. The van der Waals surface area contributed by atoms with Crippen LogP contribution < -0.4 is 0 Å². The van der Waals surface area contributed by atoms with E-state index >= 15 is 0 Å². The minimum atomic E-state index is -4.96. The maximum absolute atomic E-state index is 13.1. The number of esters is 4. The largest absolute Gasteiger partial charge is 0.472 e. The van der Waals surface area contributed by atoms with E-state index in [2.05, 4.69) is 55.4 Å². The number of hydrogen-bond acceptors (Lipinski definition) is 15. The zero-order valence-electron chi connectivity index (χ0n) is 63.0. The van der Waals surface area contributed by atoms with E-state index in [1.54, 1.807) is 0 Å². The third kappa shape index (κ3) is 70.5. The van der Waals surface area contributed by atoms with Crippen molar-refractivity contribution in [1.29, 1.82) is 0 Å². The lowest BCUT2D eigenvalue weighted by molar-refractivity contribution is -0.161. The van der Waals surface area contributed by atoms with E-state index in [0.717, 1.165) is 114 Å². The van der Waals surface area contributed by atoms with Crippen LogP contribution in [0, 0.1) is 23.7 Å². The van der Waals surface area contributed by atoms with Gasteiger partial charge in [-0.25, -0.2) is 9.13 Å². The summed E-state index contributed by atoms with van der Waals surface area (Å²) in [5, 5.41) is 10.6. The smallest absolute Gasteiger partial charge is 0.462 e. The fraction of sp³-hybridized carbons (Fsp3) is 0.948. The molecule has 0 saturated heterocycles. The zero-order valence-corrected chi connectivity index (χ0v) is 64.8. The van der Waals surface area contributed by atoms with E-state index in [9.17, 15) is 43.2 Å². The monoisotopic (exact) mass is 1410 g/mol. The Bertz CT molecular complexity index is 1880. The SMILES string of the molecule is CC(C)CCCCCCCCCCCCCCCCCCC(=O)OC[C@H](COP(=O)(O)OCC(O)COP(=O)(O)OC[C@@H](COC(=O)CCCCCCCCCC(C)C)OC(=O)CCCCCCCCCCCCCC(C)C)OC(=O)CCCCCCCCCCCCC(C)C. The first-order chi connectivity index (χ1) is 46.1. The van der Waals surface area contributed by atoms with Crippen molar-refractivity contribution < 1.29 is 80.2 Å². The van der Waals surface area contributed by atoms with Crippen LogP contribution in [0.4, 0.5) is 0 Å². The molecule has 0 amide bonds. The highest BCUT2D eigenvalue weighted by Crippen LogP contribution is 2.45. The van der Waals surface area contributed by atoms with Gasteiger partial charge >= 0.3 is 39.5 Å². The summed E-state index contributed by atoms with van der Waals surface area (Å²) >= 11 is 0. The van der Waals surface area contributed by atoms with E-state index in [1.807, 2.05) is 0 Å². The first-order valence-electron chi connectivity index (χ1n) is 39.7. The number of phosphoric ester groups is 2. The molecule has 3 N–H and O–H groups in total. The molecule has 0 aromatic rings. The van der Waals surface area contributed by atoms with Gasteiger partial charge in [-0.1, -0.05) is 338 Å². The van der Waals surface area contributed by atoms with Crippen molar-refractivity contribution in [3.8, 4) is 0 Å². The zero-order chi connectivity index (χ0) is 71.0. The number of hydrogen-bond donors (Lipinski definition) is 3. The van der Waals surface area contributed by atoms with Crippen LogP contribution in [0.3, 0.4) is 0 Å². The minimum Gasteiger partial charge on any atom is -0.462 e. The molecule has 0 heterocycles. The lowest BCUT2D eigenvalue weighted by Gasteiger charge is -2.21. The van der Waals surface area contributed by atoms with Gasteiger partial charge in [0, 0.05) is 25.7 Å². The first kappa shape index (κ1) is 94.1. The number of ether oxygens (including phenoxy) is 4. The Labute approximate surface area is 588 Å². The molecule has 96 heavy (non-hydrogen) atoms. The Balaban J connectivity index is 5.22. The summed E-state index contributed by atoms with van der Waals surface area (Å²) < 4.78 is 68.5. The fourth-order valence-electron chi connectivity index (χ4n) is 11.7. The summed E-state index contributed by atoms with van der Waals surface area (Å²) in [6.45, 7) is 14.2. The van der Waals surface area contributed by atoms with Crippen molar-refractivity contribution in [2.24, 2.45) is 23.7 Å². The molecular formula is C77H150O17P2. The maximum atomic E-state index is 13.1. The lowest BCUT2D eigenvalue weighted by Crippen LogP contribution is -2.30. The summed E-state index contributed by atoms with van der Waals surface area (Å²) in [4.78, 5) is 72.8. The van der Waals surface area contributed by atoms with Gasteiger partial charge in [-0.05, 0) is 49.4 Å². The summed E-state index contributed by atoms with van der Waals surface area (Å²) in [6, 6.07) is 0. The molecule has 5 atom stereocenters. The molecule has 0 saturated carbocycles. The van der Waals surface area contributed by atoms with E-state index in [1.165, 1.54) is 186 Å². The third-order valence-corrected chi connectivity index (χ3v) is 19.7. The summed E-state index contributed by atoms with van der Waals surface area (Å²) in [7, 11) is -9.91. The number of carbonyl (C=O) groups is 4.